The van der Waals surface area contributed by atoms with Crippen LogP contribution in [-0.2, 0) is 26.1 Å². The van der Waals surface area contributed by atoms with Crippen molar-refractivity contribution in [1.82, 2.24) is 4.90 Å². The molecule has 0 radical (unpaired) electrons. The van der Waals surface area contributed by atoms with Gasteiger partial charge in [-0.05, 0) is 49.4 Å². The number of nitrogens with one attached hydrogen (secondary N) is 2. The molecule has 186 valence electrons. The van der Waals surface area contributed by atoms with Gasteiger partial charge in [-0.1, -0.05) is 12.1 Å². The molecule has 4 rings (SSSR count). The van der Waals surface area contributed by atoms with Gasteiger partial charge in [0.2, 0.25) is 5.91 Å². The highest BCUT2D eigenvalue weighted by molar-refractivity contribution is 7.93. The molecule has 12 heteroatoms. The van der Waals surface area contributed by atoms with Gasteiger partial charge in [-0.3, -0.25) is 24.0 Å². The smallest absolute Gasteiger partial charge is 0.341 e. The number of hydrogen-bond acceptors (Lipinski definition) is 8. The number of esters is 1. The van der Waals surface area contributed by atoms with Crippen LogP contribution in [0.3, 0.4) is 0 Å². The van der Waals surface area contributed by atoms with E-state index in [2.05, 4.69) is 10.0 Å². The molecule has 0 fully saturated rings. The standard InChI is InChI=1S/C24H21N3O7S2/c1-3-34-24(31)20-12-16(13-27-22(29)18-6-4-5-7-19(18)23(27)30)35-21(20)26-36(32,33)17-10-8-15(9-11-17)25-14(2)28/h4-12,26H,3,13H2,1-2H3,(H,25,28). The van der Waals surface area contributed by atoms with E-state index in [1.165, 1.54) is 37.3 Å². The van der Waals surface area contributed by atoms with Crippen LogP contribution in [0.1, 0.15) is 49.8 Å². The number of anilines is 2. The van der Waals surface area contributed by atoms with Crippen molar-refractivity contribution in [3.8, 4) is 0 Å². The highest BCUT2D eigenvalue weighted by Crippen LogP contribution is 2.34. The fourth-order valence-corrected chi connectivity index (χ4v) is 5.94. The lowest BCUT2D eigenvalue weighted by molar-refractivity contribution is -0.114. The minimum Gasteiger partial charge on any atom is -0.462 e. The number of thiophene rings is 1. The van der Waals surface area contributed by atoms with Crippen LogP contribution in [0.2, 0.25) is 0 Å². The summed E-state index contributed by atoms with van der Waals surface area (Å²) in [6.07, 6.45) is 0. The highest BCUT2D eigenvalue weighted by Gasteiger charge is 2.36. The van der Waals surface area contributed by atoms with Gasteiger partial charge in [0, 0.05) is 17.5 Å². The molecular formula is C24H21N3O7S2. The van der Waals surface area contributed by atoms with Crippen LogP contribution in [0.25, 0.3) is 0 Å². The van der Waals surface area contributed by atoms with Crippen LogP contribution in [-0.4, -0.2) is 43.6 Å². The van der Waals surface area contributed by atoms with E-state index in [1.807, 2.05) is 0 Å². The number of carbonyl (C=O) groups is 4. The van der Waals surface area contributed by atoms with Gasteiger partial charge >= 0.3 is 5.97 Å². The summed E-state index contributed by atoms with van der Waals surface area (Å²) in [5.74, 6) is -1.99. The zero-order chi connectivity index (χ0) is 26.0. The molecule has 1 aromatic heterocycles. The number of fused-ring (bicyclic) bond motifs is 1. The van der Waals surface area contributed by atoms with Crippen molar-refractivity contribution in [2.45, 2.75) is 25.3 Å². The summed E-state index contributed by atoms with van der Waals surface area (Å²) in [7, 11) is -4.12. The first-order valence-electron chi connectivity index (χ1n) is 10.8. The normalized spacial score (nSPS) is 12.9. The number of amides is 3. The van der Waals surface area contributed by atoms with E-state index in [0.29, 0.717) is 10.6 Å². The van der Waals surface area contributed by atoms with E-state index in [-0.39, 0.29) is 45.6 Å². The second kappa shape index (κ2) is 9.91. The van der Waals surface area contributed by atoms with Crippen molar-refractivity contribution < 1.29 is 32.3 Å². The Bertz CT molecular complexity index is 1440. The molecule has 0 unspecified atom stereocenters. The second-order valence-corrected chi connectivity index (χ2v) is 10.5. The van der Waals surface area contributed by atoms with Crippen LogP contribution in [0.4, 0.5) is 10.7 Å². The molecule has 3 aromatic rings. The van der Waals surface area contributed by atoms with Crippen molar-refractivity contribution in [2.75, 3.05) is 16.6 Å². The van der Waals surface area contributed by atoms with Gasteiger partial charge in [0.1, 0.15) is 5.00 Å². The Labute approximate surface area is 210 Å². The Kier molecular flexibility index (Phi) is 6.91. The van der Waals surface area contributed by atoms with E-state index in [9.17, 15) is 27.6 Å². The van der Waals surface area contributed by atoms with E-state index in [0.717, 1.165) is 16.2 Å². The maximum absolute atomic E-state index is 13.0. The van der Waals surface area contributed by atoms with Crippen LogP contribution in [0.5, 0.6) is 0 Å². The van der Waals surface area contributed by atoms with E-state index < -0.39 is 27.8 Å². The number of sulfonamides is 1. The number of hydrogen-bond donors (Lipinski definition) is 2. The van der Waals surface area contributed by atoms with Crippen molar-refractivity contribution in [1.29, 1.82) is 0 Å². The first kappa shape index (κ1) is 25.1. The molecule has 2 heterocycles. The summed E-state index contributed by atoms with van der Waals surface area (Å²) in [6, 6.07) is 13.3. The van der Waals surface area contributed by atoms with Gasteiger partial charge in [0.05, 0.1) is 34.7 Å². The monoisotopic (exact) mass is 527 g/mol. The van der Waals surface area contributed by atoms with Crippen molar-refractivity contribution >= 4 is 55.7 Å². The minimum atomic E-state index is -4.12. The third kappa shape index (κ3) is 4.99. The Morgan fingerprint density at radius 3 is 2.17 bits per heavy atom. The summed E-state index contributed by atoms with van der Waals surface area (Å²) >= 11 is 0.922. The molecule has 2 N–H and O–H groups in total. The molecule has 0 saturated heterocycles. The Hall–Kier alpha value is -4.03. The number of benzene rings is 2. The van der Waals surface area contributed by atoms with Gasteiger partial charge in [-0.25, -0.2) is 13.2 Å². The molecule has 1 aliphatic heterocycles. The predicted octanol–water partition coefficient (Wildman–Crippen LogP) is 3.48. The molecule has 1 aliphatic rings. The lowest BCUT2D eigenvalue weighted by atomic mass is 10.1. The largest absolute Gasteiger partial charge is 0.462 e. The summed E-state index contributed by atoms with van der Waals surface area (Å²) in [5.41, 5.74) is 0.960. The van der Waals surface area contributed by atoms with Gasteiger partial charge < -0.3 is 10.1 Å². The van der Waals surface area contributed by atoms with Crippen molar-refractivity contribution in [3.05, 3.63) is 76.2 Å². The van der Waals surface area contributed by atoms with Crippen LogP contribution in [0, 0.1) is 0 Å². The first-order chi connectivity index (χ1) is 17.1. The zero-order valence-electron chi connectivity index (χ0n) is 19.2. The maximum atomic E-state index is 13.0. The summed E-state index contributed by atoms with van der Waals surface area (Å²) < 4.78 is 33.5. The van der Waals surface area contributed by atoms with Gasteiger partial charge in [-0.2, -0.15) is 0 Å². The predicted molar refractivity (Wildman–Crippen MR) is 132 cm³/mol. The van der Waals surface area contributed by atoms with Crippen molar-refractivity contribution in [3.63, 3.8) is 0 Å². The highest BCUT2D eigenvalue weighted by atomic mass is 32.2. The molecule has 0 aliphatic carbocycles. The first-order valence-corrected chi connectivity index (χ1v) is 13.1. The average molecular weight is 528 g/mol. The fraction of sp³-hybridized carbons (Fsp3) is 0.167. The van der Waals surface area contributed by atoms with Gasteiger partial charge in [0.25, 0.3) is 21.8 Å². The average Bonchev–Trinajstić information content (AvgIpc) is 3.33. The molecular weight excluding hydrogens is 506 g/mol. The number of ether oxygens (including phenoxy) is 1. The summed E-state index contributed by atoms with van der Waals surface area (Å²) in [6.45, 7) is 2.87. The number of imide groups is 1. The maximum Gasteiger partial charge on any atom is 0.341 e. The summed E-state index contributed by atoms with van der Waals surface area (Å²) in [5, 5.41) is 2.54. The molecule has 3 amide bonds. The third-order valence-corrected chi connectivity index (χ3v) is 7.71. The van der Waals surface area contributed by atoms with Crippen molar-refractivity contribution in [2.24, 2.45) is 0 Å². The fourth-order valence-electron chi connectivity index (χ4n) is 3.60. The molecule has 36 heavy (non-hydrogen) atoms. The van der Waals surface area contributed by atoms with E-state index in [4.69, 9.17) is 4.74 Å². The molecule has 0 spiro atoms. The molecule has 10 nitrogen and oxygen atoms in total. The number of carbonyl (C=O) groups excluding carboxylic acids is 4. The molecule has 0 bridgehead atoms. The minimum absolute atomic E-state index is 0.00834. The SMILES string of the molecule is CCOC(=O)c1cc(CN2C(=O)c3ccccc3C2=O)sc1NS(=O)(=O)c1ccc(NC(C)=O)cc1. The molecule has 0 atom stereocenters. The quantitative estimate of drug-likeness (QED) is 0.338. The molecule has 2 aromatic carbocycles. The lowest BCUT2D eigenvalue weighted by Crippen LogP contribution is -2.28. The Morgan fingerprint density at radius 1 is 1.00 bits per heavy atom. The van der Waals surface area contributed by atoms with Gasteiger partial charge in [-0.15, -0.1) is 11.3 Å². The second-order valence-electron chi connectivity index (χ2n) is 7.73. The number of rotatable bonds is 8. The summed E-state index contributed by atoms with van der Waals surface area (Å²) in [4.78, 5) is 50.6. The third-order valence-electron chi connectivity index (χ3n) is 5.18. The van der Waals surface area contributed by atoms with E-state index >= 15 is 0 Å². The molecule has 0 saturated carbocycles. The van der Waals surface area contributed by atoms with Crippen LogP contribution in [0.15, 0.2) is 59.5 Å². The Morgan fingerprint density at radius 2 is 1.61 bits per heavy atom. The van der Waals surface area contributed by atoms with Gasteiger partial charge in [0.15, 0.2) is 0 Å². The lowest BCUT2D eigenvalue weighted by Gasteiger charge is -2.12. The van der Waals surface area contributed by atoms with Crippen LogP contribution >= 0.6 is 11.3 Å². The van der Waals surface area contributed by atoms with E-state index in [1.54, 1.807) is 31.2 Å². The number of nitrogens with zero attached hydrogens (tertiary/aromatic N) is 1. The zero-order valence-corrected chi connectivity index (χ0v) is 20.9. The van der Waals surface area contributed by atoms with Crippen LogP contribution < -0.4 is 10.0 Å². The Balaban J connectivity index is 1.62. The topological polar surface area (TPSA) is 139 Å².